The molecule has 8 heteroatoms. The van der Waals surface area contributed by atoms with Gasteiger partial charge in [0.2, 0.25) is 11.8 Å². The van der Waals surface area contributed by atoms with Gasteiger partial charge in [0.05, 0.1) is 6.04 Å². The van der Waals surface area contributed by atoms with E-state index in [9.17, 15) is 18.8 Å². The minimum atomic E-state index is -0.394. The van der Waals surface area contributed by atoms with Crippen LogP contribution in [0.5, 0.6) is 0 Å². The fourth-order valence-electron chi connectivity index (χ4n) is 2.33. The SMILES string of the molecule is CC(=O)NCCNC(=O)N[C@@H]1CC(=O)N(c2ccc(F)cc2)C1. The van der Waals surface area contributed by atoms with Crippen LogP contribution in [0, 0.1) is 5.82 Å². The van der Waals surface area contributed by atoms with Crippen molar-refractivity contribution in [3.63, 3.8) is 0 Å². The molecular formula is C15H19FN4O3. The van der Waals surface area contributed by atoms with Gasteiger partial charge < -0.3 is 20.9 Å². The second kappa shape index (κ2) is 7.57. The summed E-state index contributed by atoms with van der Waals surface area (Å²) in [6.07, 6.45) is 0.191. The molecule has 0 radical (unpaired) electrons. The molecule has 0 unspecified atom stereocenters. The van der Waals surface area contributed by atoms with E-state index in [2.05, 4.69) is 16.0 Å². The lowest BCUT2D eigenvalue weighted by atomic mass is 10.2. The van der Waals surface area contributed by atoms with E-state index in [4.69, 9.17) is 0 Å². The van der Waals surface area contributed by atoms with Crippen LogP contribution in [0.25, 0.3) is 0 Å². The molecule has 0 bridgehead atoms. The molecule has 1 aliphatic heterocycles. The van der Waals surface area contributed by atoms with Gasteiger partial charge in [-0.15, -0.1) is 0 Å². The third kappa shape index (κ3) is 4.94. The fourth-order valence-corrected chi connectivity index (χ4v) is 2.33. The Bertz CT molecular complexity index is 591. The Labute approximate surface area is 133 Å². The minimum absolute atomic E-state index is 0.125. The van der Waals surface area contributed by atoms with Gasteiger partial charge in [-0.2, -0.15) is 0 Å². The summed E-state index contributed by atoms with van der Waals surface area (Å²) in [5, 5.41) is 7.87. The van der Waals surface area contributed by atoms with Gasteiger partial charge in [-0.25, -0.2) is 9.18 Å². The van der Waals surface area contributed by atoms with E-state index in [1.54, 1.807) is 0 Å². The molecule has 1 aromatic rings. The Balaban J connectivity index is 1.79. The molecule has 124 valence electrons. The van der Waals surface area contributed by atoms with Crippen molar-refractivity contribution in [1.29, 1.82) is 0 Å². The average molecular weight is 322 g/mol. The van der Waals surface area contributed by atoms with Crippen molar-refractivity contribution in [3.8, 4) is 0 Å². The fraction of sp³-hybridized carbons (Fsp3) is 0.400. The highest BCUT2D eigenvalue weighted by molar-refractivity contribution is 5.96. The third-order valence-electron chi connectivity index (χ3n) is 3.38. The second-order valence-corrected chi connectivity index (χ2v) is 5.27. The number of carbonyl (C=O) groups excluding carboxylic acids is 3. The number of nitrogens with zero attached hydrogens (tertiary/aromatic N) is 1. The summed E-state index contributed by atoms with van der Waals surface area (Å²) >= 11 is 0. The second-order valence-electron chi connectivity index (χ2n) is 5.27. The molecule has 2 rings (SSSR count). The van der Waals surface area contributed by atoms with E-state index in [0.29, 0.717) is 25.3 Å². The van der Waals surface area contributed by atoms with Crippen molar-refractivity contribution < 1.29 is 18.8 Å². The molecule has 1 saturated heterocycles. The number of benzene rings is 1. The summed E-state index contributed by atoms with van der Waals surface area (Å²) < 4.78 is 12.9. The zero-order chi connectivity index (χ0) is 16.8. The number of urea groups is 1. The number of halogens is 1. The van der Waals surface area contributed by atoms with Crippen LogP contribution in [-0.2, 0) is 9.59 Å². The summed E-state index contributed by atoms with van der Waals surface area (Å²) in [5.41, 5.74) is 0.603. The summed E-state index contributed by atoms with van der Waals surface area (Å²) in [6, 6.07) is 4.94. The molecule has 7 nitrogen and oxygen atoms in total. The molecule has 0 aromatic heterocycles. The van der Waals surface area contributed by atoms with E-state index < -0.39 is 6.03 Å². The Hall–Kier alpha value is -2.64. The van der Waals surface area contributed by atoms with Gasteiger partial charge in [0.15, 0.2) is 0 Å². The maximum absolute atomic E-state index is 12.9. The molecular weight excluding hydrogens is 303 g/mol. The Morgan fingerprint density at radius 1 is 1.22 bits per heavy atom. The van der Waals surface area contributed by atoms with E-state index >= 15 is 0 Å². The third-order valence-corrected chi connectivity index (χ3v) is 3.38. The first-order valence-electron chi connectivity index (χ1n) is 7.30. The monoisotopic (exact) mass is 322 g/mol. The van der Waals surface area contributed by atoms with Crippen molar-refractivity contribution in [2.75, 3.05) is 24.5 Å². The molecule has 1 aliphatic rings. The molecule has 1 atom stereocenters. The van der Waals surface area contributed by atoms with E-state index in [0.717, 1.165) is 0 Å². The summed E-state index contributed by atoms with van der Waals surface area (Å²) in [6.45, 7) is 2.37. The van der Waals surface area contributed by atoms with Crippen LogP contribution in [0.2, 0.25) is 0 Å². The van der Waals surface area contributed by atoms with Gasteiger partial charge in [0, 0.05) is 38.7 Å². The Morgan fingerprint density at radius 3 is 2.52 bits per heavy atom. The summed E-state index contributed by atoms with van der Waals surface area (Å²) in [7, 11) is 0. The highest BCUT2D eigenvalue weighted by Gasteiger charge is 2.31. The number of rotatable bonds is 5. The Morgan fingerprint density at radius 2 is 1.87 bits per heavy atom. The van der Waals surface area contributed by atoms with Crippen molar-refractivity contribution in [2.45, 2.75) is 19.4 Å². The molecule has 0 saturated carbocycles. The Kier molecular flexibility index (Phi) is 5.51. The normalized spacial score (nSPS) is 17.0. The van der Waals surface area contributed by atoms with Crippen LogP contribution in [0.1, 0.15) is 13.3 Å². The molecule has 0 aliphatic carbocycles. The maximum Gasteiger partial charge on any atom is 0.315 e. The predicted octanol–water partition coefficient (Wildman–Crippen LogP) is 0.366. The van der Waals surface area contributed by atoms with E-state index in [-0.39, 0.29) is 30.1 Å². The summed E-state index contributed by atoms with van der Waals surface area (Å²) in [5.74, 6) is -0.655. The molecule has 3 N–H and O–H groups in total. The number of nitrogens with one attached hydrogen (secondary N) is 3. The average Bonchev–Trinajstić information content (AvgIpc) is 2.85. The van der Waals surface area contributed by atoms with Gasteiger partial charge in [0.25, 0.3) is 0 Å². The molecule has 0 spiro atoms. The van der Waals surface area contributed by atoms with Gasteiger partial charge >= 0.3 is 6.03 Å². The summed E-state index contributed by atoms with van der Waals surface area (Å²) in [4.78, 5) is 35.9. The lowest BCUT2D eigenvalue weighted by molar-refractivity contribution is -0.119. The highest BCUT2D eigenvalue weighted by atomic mass is 19.1. The lowest BCUT2D eigenvalue weighted by Crippen LogP contribution is -2.45. The van der Waals surface area contributed by atoms with Crippen LogP contribution >= 0.6 is 0 Å². The van der Waals surface area contributed by atoms with Crippen molar-refractivity contribution in [1.82, 2.24) is 16.0 Å². The van der Waals surface area contributed by atoms with Crippen LogP contribution in [0.15, 0.2) is 24.3 Å². The van der Waals surface area contributed by atoms with Crippen LogP contribution in [0.4, 0.5) is 14.9 Å². The highest BCUT2D eigenvalue weighted by Crippen LogP contribution is 2.21. The largest absolute Gasteiger partial charge is 0.355 e. The number of carbonyl (C=O) groups is 3. The number of anilines is 1. The molecule has 1 fully saturated rings. The molecule has 4 amide bonds. The van der Waals surface area contributed by atoms with Crippen LogP contribution in [0.3, 0.4) is 0 Å². The zero-order valence-electron chi connectivity index (χ0n) is 12.8. The quantitative estimate of drug-likeness (QED) is 0.684. The van der Waals surface area contributed by atoms with E-state index in [1.807, 2.05) is 0 Å². The predicted molar refractivity (Wildman–Crippen MR) is 82.4 cm³/mol. The van der Waals surface area contributed by atoms with Crippen LogP contribution < -0.4 is 20.9 Å². The van der Waals surface area contributed by atoms with Crippen molar-refractivity contribution in [3.05, 3.63) is 30.1 Å². The first kappa shape index (κ1) is 16.7. The van der Waals surface area contributed by atoms with Gasteiger partial charge in [-0.05, 0) is 24.3 Å². The van der Waals surface area contributed by atoms with Crippen LogP contribution in [-0.4, -0.2) is 43.5 Å². The standard InChI is InChI=1S/C15H19FN4O3/c1-10(21)17-6-7-18-15(23)19-12-8-14(22)20(9-12)13-4-2-11(16)3-5-13/h2-5,12H,6-9H2,1H3,(H,17,21)(H2,18,19,23)/t12-/m1/s1. The first-order valence-corrected chi connectivity index (χ1v) is 7.30. The lowest BCUT2D eigenvalue weighted by Gasteiger charge is -2.17. The molecule has 23 heavy (non-hydrogen) atoms. The molecule has 1 heterocycles. The van der Waals surface area contributed by atoms with Gasteiger partial charge in [-0.3, -0.25) is 9.59 Å². The van der Waals surface area contributed by atoms with Gasteiger partial charge in [-0.1, -0.05) is 0 Å². The topological polar surface area (TPSA) is 90.5 Å². The maximum atomic E-state index is 12.9. The van der Waals surface area contributed by atoms with Crippen molar-refractivity contribution >= 4 is 23.5 Å². The number of hydrogen-bond donors (Lipinski definition) is 3. The first-order chi connectivity index (χ1) is 11.0. The number of amides is 4. The van der Waals surface area contributed by atoms with Crippen molar-refractivity contribution in [2.24, 2.45) is 0 Å². The number of hydrogen-bond acceptors (Lipinski definition) is 3. The van der Waals surface area contributed by atoms with E-state index in [1.165, 1.54) is 36.1 Å². The minimum Gasteiger partial charge on any atom is -0.355 e. The molecule has 1 aromatic carbocycles. The van der Waals surface area contributed by atoms with Gasteiger partial charge in [0.1, 0.15) is 5.82 Å². The smallest absolute Gasteiger partial charge is 0.315 e. The zero-order valence-corrected chi connectivity index (χ0v) is 12.8.